The molecule has 2 saturated heterocycles. The minimum Gasteiger partial charge on any atom is -0.337 e. The van der Waals surface area contributed by atoms with Gasteiger partial charge in [0.2, 0.25) is 0 Å². The number of fused-ring (bicyclic) bond motifs is 1. The largest absolute Gasteiger partial charge is 0.337 e. The highest BCUT2D eigenvalue weighted by atomic mass is 16.2. The monoisotopic (exact) mass is 402 g/mol. The van der Waals surface area contributed by atoms with Gasteiger partial charge in [-0.15, -0.1) is 0 Å². The van der Waals surface area contributed by atoms with Crippen LogP contribution in [0.5, 0.6) is 0 Å². The first-order chi connectivity index (χ1) is 14.7. The number of likely N-dealkylation sites (tertiary alicyclic amines) is 2. The van der Waals surface area contributed by atoms with Crippen molar-refractivity contribution < 1.29 is 4.79 Å². The highest BCUT2D eigenvalue weighted by Crippen LogP contribution is 2.24. The van der Waals surface area contributed by atoms with E-state index in [1.165, 1.54) is 38.8 Å². The van der Waals surface area contributed by atoms with E-state index in [2.05, 4.69) is 20.5 Å². The average molecular weight is 403 g/mol. The number of rotatable bonds is 3. The maximum absolute atomic E-state index is 13.1. The Morgan fingerprint density at radius 1 is 0.933 bits per heavy atom. The van der Waals surface area contributed by atoms with Crippen molar-refractivity contribution in [1.82, 2.24) is 19.4 Å². The zero-order valence-corrected chi connectivity index (χ0v) is 17.8. The number of aryl methyl sites for hydroxylation is 1. The highest BCUT2D eigenvalue weighted by Gasteiger charge is 2.31. The van der Waals surface area contributed by atoms with Gasteiger partial charge in [0.1, 0.15) is 5.82 Å². The predicted molar refractivity (Wildman–Crippen MR) is 120 cm³/mol. The van der Waals surface area contributed by atoms with E-state index in [1.807, 2.05) is 54.3 Å². The zero-order valence-electron chi connectivity index (χ0n) is 17.8. The molecule has 2 aromatic carbocycles. The number of hydrogen-bond acceptors (Lipinski definition) is 3. The summed E-state index contributed by atoms with van der Waals surface area (Å²) in [5.41, 5.74) is 3.90. The molecule has 0 N–H and O–H groups in total. The van der Waals surface area contributed by atoms with Crippen molar-refractivity contribution >= 4 is 16.9 Å². The molecule has 0 unspecified atom stereocenters. The van der Waals surface area contributed by atoms with Crippen LogP contribution in [0.15, 0.2) is 48.5 Å². The number of imidazole rings is 1. The van der Waals surface area contributed by atoms with Crippen LogP contribution in [0, 0.1) is 6.92 Å². The van der Waals surface area contributed by atoms with Gasteiger partial charge >= 0.3 is 0 Å². The minimum absolute atomic E-state index is 0.158. The van der Waals surface area contributed by atoms with Crippen LogP contribution in [0.4, 0.5) is 0 Å². The molecule has 2 fully saturated rings. The van der Waals surface area contributed by atoms with Crippen LogP contribution >= 0.6 is 0 Å². The summed E-state index contributed by atoms with van der Waals surface area (Å²) in [6, 6.07) is 16.7. The molecule has 30 heavy (non-hydrogen) atoms. The molecule has 0 radical (unpaired) electrons. The molecular formula is C25H30N4O. The Balaban J connectivity index is 1.31. The van der Waals surface area contributed by atoms with Gasteiger partial charge in [-0.1, -0.05) is 25.0 Å². The SMILES string of the molecule is Cc1nc2ccccc2n1-c1ccc(C(=O)N2CC[C@H](N3CCCCCC3)C2)cc1. The van der Waals surface area contributed by atoms with E-state index in [9.17, 15) is 4.79 Å². The molecule has 1 amide bonds. The van der Waals surface area contributed by atoms with Crippen LogP contribution in [-0.2, 0) is 0 Å². The smallest absolute Gasteiger partial charge is 0.253 e. The molecule has 1 atom stereocenters. The van der Waals surface area contributed by atoms with Gasteiger partial charge in [-0.05, 0) is 75.7 Å². The maximum atomic E-state index is 13.1. The summed E-state index contributed by atoms with van der Waals surface area (Å²) in [6.07, 6.45) is 6.40. The second kappa shape index (κ2) is 8.23. The molecule has 3 aromatic rings. The van der Waals surface area contributed by atoms with E-state index in [0.29, 0.717) is 6.04 Å². The first-order valence-corrected chi connectivity index (χ1v) is 11.3. The molecule has 2 aliphatic heterocycles. The normalized spacial score (nSPS) is 20.6. The number of carbonyl (C=O) groups is 1. The van der Waals surface area contributed by atoms with Crippen molar-refractivity contribution in [3.63, 3.8) is 0 Å². The van der Waals surface area contributed by atoms with Gasteiger partial charge in [0.15, 0.2) is 0 Å². The van der Waals surface area contributed by atoms with Crippen molar-refractivity contribution in [2.45, 2.75) is 45.1 Å². The molecule has 5 heteroatoms. The summed E-state index contributed by atoms with van der Waals surface area (Å²) < 4.78 is 2.15. The second-order valence-corrected chi connectivity index (χ2v) is 8.67. The summed E-state index contributed by atoms with van der Waals surface area (Å²) >= 11 is 0. The fraction of sp³-hybridized carbons (Fsp3) is 0.440. The number of hydrogen-bond donors (Lipinski definition) is 0. The van der Waals surface area contributed by atoms with Crippen LogP contribution < -0.4 is 0 Å². The number of para-hydroxylation sites is 2. The molecule has 0 spiro atoms. The van der Waals surface area contributed by atoms with Gasteiger partial charge < -0.3 is 4.90 Å². The van der Waals surface area contributed by atoms with Crippen molar-refractivity contribution in [2.24, 2.45) is 0 Å². The van der Waals surface area contributed by atoms with Crippen LogP contribution in [0.2, 0.25) is 0 Å². The average Bonchev–Trinajstić information content (AvgIpc) is 3.28. The van der Waals surface area contributed by atoms with E-state index in [0.717, 1.165) is 47.6 Å². The van der Waals surface area contributed by atoms with Gasteiger partial charge in [0.25, 0.3) is 5.91 Å². The molecule has 5 nitrogen and oxygen atoms in total. The van der Waals surface area contributed by atoms with Crippen LogP contribution in [0.1, 0.15) is 48.3 Å². The number of nitrogens with zero attached hydrogens (tertiary/aromatic N) is 4. The molecular weight excluding hydrogens is 372 g/mol. The van der Waals surface area contributed by atoms with Crippen molar-refractivity contribution in [2.75, 3.05) is 26.2 Å². The molecule has 3 heterocycles. The quantitative estimate of drug-likeness (QED) is 0.651. The van der Waals surface area contributed by atoms with Crippen LogP contribution in [0.25, 0.3) is 16.7 Å². The summed E-state index contributed by atoms with van der Waals surface area (Å²) in [6.45, 7) is 6.14. The molecule has 0 saturated carbocycles. The lowest BCUT2D eigenvalue weighted by molar-refractivity contribution is 0.0777. The summed E-state index contributed by atoms with van der Waals surface area (Å²) in [7, 11) is 0. The van der Waals surface area contributed by atoms with E-state index in [1.54, 1.807) is 0 Å². The summed E-state index contributed by atoms with van der Waals surface area (Å²) in [5.74, 6) is 1.11. The Bertz CT molecular complexity index is 1030. The highest BCUT2D eigenvalue weighted by molar-refractivity contribution is 5.94. The number of amides is 1. The molecule has 156 valence electrons. The Kier molecular flexibility index (Phi) is 5.30. The molecule has 2 aliphatic rings. The van der Waals surface area contributed by atoms with Gasteiger partial charge in [0, 0.05) is 30.4 Å². The Morgan fingerprint density at radius 3 is 2.43 bits per heavy atom. The number of carbonyl (C=O) groups excluding carboxylic acids is 1. The molecule has 0 bridgehead atoms. The molecule has 0 aliphatic carbocycles. The minimum atomic E-state index is 0.158. The van der Waals surface area contributed by atoms with Gasteiger partial charge in [-0.3, -0.25) is 14.3 Å². The fourth-order valence-electron chi connectivity index (χ4n) is 5.09. The lowest BCUT2D eigenvalue weighted by Gasteiger charge is -2.27. The van der Waals surface area contributed by atoms with Gasteiger partial charge in [-0.2, -0.15) is 0 Å². The first-order valence-electron chi connectivity index (χ1n) is 11.3. The molecule has 5 rings (SSSR count). The predicted octanol–water partition coefficient (Wildman–Crippen LogP) is 4.42. The van der Waals surface area contributed by atoms with Gasteiger partial charge in [-0.25, -0.2) is 4.98 Å². The van der Waals surface area contributed by atoms with Gasteiger partial charge in [0.05, 0.1) is 11.0 Å². The van der Waals surface area contributed by atoms with Crippen molar-refractivity contribution in [1.29, 1.82) is 0 Å². The lowest BCUT2D eigenvalue weighted by atomic mass is 10.1. The Hall–Kier alpha value is -2.66. The number of benzene rings is 2. The van der Waals surface area contributed by atoms with Crippen molar-refractivity contribution in [3.8, 4) is 5.69 Å². The van der Waals surface area contributed by atoms with E-state index >= 15 is 0 Å². The topological polar surface area (TPSA) is 41.4 Å². The third-order valence-corrected chi connectivity index (χ3v) is 6.71. The Morgan fingerprint density at radius 2 is 1.67 bits per heavy atom. The number of aromatic nitrogens is 2. The third-order valence-electron chi connectivity index (χ3n) is 6.71. The summed E-state index contributed by atoms with van der Waals surface area (Å²) in [5, 5.41) is 0. The standard InChI is InChI=1S/C25H30N4O/c1-19-26-23-8-4-5-9-24(23)29(19)21-12-10-20(11-13-21)25(30)28-17-14-22(18-28)27-15-6-2-3-7-16-27/h4-5,8-13,22H,2-3,6-7,14-18H2,1H3/t22-/m0/s1. The first kappa shape index (κ1) is 19.3. The third kappa shape index (κ3) is 3.63. The van der Waals surface area contributed by atoms with E-state index < -0.39 is 0 Å². The maximum Gasteiger partial charge on any atom is 0.253 e. The van der Waals surface area contributed by atoms with Crippen molar-refractivity contribution in [3.05, 3.63) is 59.9 Å². The fourth-order valence-corrected chi connectivity index (χ4v) is 5.09. The Labute approximate surface area is 178 Å². The zero-order chi connectivity index (χ0) is 20.5. The van der Waals surface area contributed by atoms with Crippen LogP contribution in [0.3, 0.4) is 0 Å². The summed E-state index contributed by atoms with van der Waals surface area (Å²) in [4.78, 5) is 22.4. The van der Waals surface area contributed by atoms with E-state index in [4.69, 9.17) is 0 Å². The van der Waals surface area contributed by atoms with Crippen LogP contribution in [-0.4, -0.2) is 57.5 Å². The van der Waals surface area contributed by atoms with E-state index in [-0.39, 0.29) is 5.91 Å². The lowest BCUT2D eigenvalue weighted by Crippen LogP contribution is -2.39. The molecule has 1 aromatic heterocycles. The second-order valence-electron chi connectivity index (χ2n) is 8.67.